The van der Waals surface area contributed by atoms with E-state index in [0.29, 0.717) is 46.6 Å². The van der Waals surface area contributed by atoms with Gasteiger partial charge in [-0.1, -0.05) is 71.2 Å². The predicted molar refractivity (Wildman–Crippen MR) is 182 cm³/mol. The van der Waals surface area contributed by atoms with Crippen LogP contribution in [0, 0.1) is 16.4 Å². The number of aliphatic imine (C=N–C) groups is 1. The van der Waals surface area contributed by atoms with Crippen molar-refractivity contribution in [3.8, 4) is 11.5 Å². The van der Waals surface area contributed by atoms with Gasteiger partial charge in [0.2, 0.25) is 0 Å². The van der Waals surface area contributed by atoms with Crippen LogP contribution >= 0.6 is 45.8 Å². The van der Waals surface area contributed by atoms with Gasteiger partial charge >= 0.3 is 0 Å². The smallest absolute Gasteiger partial charge is 0.175 e. The summed E-state index contributed by atoms with van der Waals surface area (Å²) in [6.07, 6.45) is 7.67. The molecule has 1 N–H and O–H groups in total. The Kier molecular flexibility index (Phi) is 8.80. The van der Waals surface area contributed by atoms with E-state index in [1.165, 1.54) is 22.4 Å². The fourth-order valence-corrected chi connectivity index (χ4v) is 7.06. The zero-order valence-corrected chi connectivity index (χ0v) is 27.1. The van der Waals surface area contributed by atoms with Gasteiger partial charge in [-0.25, -0.2) is 0 Å². The van der Waals surface area contributed by atoms with Crippen molar-refractivity contribution in [3.63, 3.8) is 0 Å². The number of aryl methyl sites for hydroxylation is 1. The lowest BCUT2D eigenvalue weighted by Gasteiger charge is -2.37. The molecule has 1 heterocycles. The maximum atomic E-state index is 6.34. The number of anilines is 1. The summed E-state index contributed by atoms with van der Waals surface area (Å²) >= 11 is 14.7. The highest BCUT2D eigenvalue weighted by Crippen LogP contribution is 2.50. The highest BCUT2D eigenvalue weighted by Gasteiger charge is 2.37. The van der Waals surface area contributed by atoms with Crippen molar-refractivity contribution < 1.29 is 9.47 Å². The van der Waals surface area contributed by atoms with Gasteiger partial charge in [-0.15, -0.1) is 0 Å². The van der Waals surface area contributed by atoms with Crippen LogP contribution in [0.1, 0.15) is 53.1 Å². The number of ether oxygens (including phenoxy) is 2. The molecular weight excluding hydrogens is 678 g/mol. The molecular formula is C35H31Cl2IN2O2. The van der Waals surface area contributed by atoms with Crippen molar-refractivity contribution in [3.05, 3.63) is 126 Å². The molecule has 0 amide bonds. The average molecular weight is 709 g/mol. The second-order valence-electron chi connectivity index (χ2n) is 10.7. The van der Waals surface area contributed by atoms with Crippen LogP contribution in [0.5, 0.6) is 11.5 Å². The van der Waals surface area contributed by atoms with Crippen LogP contribution in [0.25, 0.3) is 0 Å². The Balaban J connectivity index is 1.18. The minimum absolute atomic E-state index is 0.267. The summed E-state index contributed by atoms with van der Waals surface area (Å²) in [7, 11) is 0. The summed E-state index contributed by atoms with van der Waals surface area (Å²) in [5, 5.41) is 5.00. The fraction of sp³-hybridized carbons (Fsp3) is 0.229. The lowest BCUT2D eigenvalue weighted by molar-refractivity contribution is 0.267. The minimum atomic E-state index is 0.267. The molecule has 42 heavy (non-hydrogen) atoms. The van der Waals surface area contributed by atoms with Crippen LogP contribution in [0.15, 0.2) is 89.9 Å². The van der Waals surface area contributed by atoms with Crippen molar-refractivity contribution in [1.29, 1.82) is 0 Å². The van der Waals surface area contributed by atoms with Crippen LogP contribution in [0.2, 0.25) is 10.0 Å². The predicted octanol–water partition coefficient (Wildman–Crippen LogP) is 10.5. The molecule has 6 rings (SSSR count). The summed E-state index contributed by atoms with van der Waals surface area (Å²) in [5.74, 6) is 2.33. The molecule has 1 aliphatic carbocycles. The Labute approximate surface area is 270 Å². The van der Waals surface area contributed by atoms with Crippen LogP contribution < -0.4 is 14.8 Å². The molecule has 7 heteroatoms. The molecule has 1 aliphatic heterocycles. The van der Waals surface area contributed by atoms with E-state index in [1.807, 2.05) is 31.3 Å². The van der Waals surface area contributed by atoms with Gasteiger partial charge in [0.25, 0.3) is 0 Å². The van der Waals surface area contributed by atoms with E-state index in [0.717, 1.165) is 26.8 Å². The Morgan fingerprint density at radius 3 is 2.62 bits per heavy atom. The van der Waals surface area contributed by atoms with E-state index >= 15 is 0 Å². The molecule has 2 aliphatic rings. The second-order valence-corrected chi connectivity index (χ2v) is 12.7. The highest BCUT2D eigenvalue weighted by atomic mass is 127. The van der Waals surface area contributed by atoms with Gasteiger partial charge < -0.3 is 14.8 Å². The molecule has 4 aromatic rings. The monoisotopic (exact) mass is 708 g/mol. The van der Waals surface area contributed by atoms with Crippen LogP contribution in [-0.2, 0) is 6.61 Å². The van der Waals surface area contributed by atoms with Crippen molar-refractivity contribution in [2.24, 2.45) is 10.9 Å². The maximum Gasteiger partial charge on any atom is 0.175 e. The van der Waals surface area contributed by atoms with Crippen LogP contribution in [0.3, 0.4) is 0 Å². The lowest BCUT2D eigenvalue weighted by Crippen LogP contribution is -2.29. The van der Waals surface area contributed by atoms with Crippen LogP contribution in [0.4, 0.5) is 11.4 Å². The first-order chi connectivity index (χ1) is 20.4. The Hall–Kier alpha value is -3.00. The third-order valence-corrected chi connectivity index (χ3v) is 9.24. The quantitative estimate of drug-likeness (QED) is 0.113. The second kappa shape index (κ2) is 12.7. The first-order valence-corrected chi connectivity index (χ1v) is 15.9. The van der Waals surface area contributed by atoms with E-state index in [9.17, 15) is 0 Å². The van der Waals surface area contributed by atoms with Crippen molar-refractivity contribution in [2.75, 3.05) is 11.9 Å². The molecule has 0 fully saturated rings. The molecule has 0 radical (unpaired) electrons. The minimum Gasteiger partial charge on any atom is -0.490 e. The third kappa shape index (κ3) is 6.19. The Morgan fingerprint density at radius 2 is 1.83 bits per heavy atom. The maximum absolute atomic E-state index is 6.34. The summed E-state index contributed by atoms with van der Waals surface area (Å²) < 4.78 is 13.0. The van der Waals surface area contributed by atoms with Crippen molar-refractivity contribution in [1.82, 2.24) is 0 Å². The van der Waals surface area contributed by atoms with Gasteiger partial charge in [0.05, 0.1) is 21.9 Å². The zero-order chi connectivity index (χ0) is 29.2. The van der Waals surface area contributed by atoms with Crippen LogP contribution in [-0.4, -0.2) is 12.8 Å². The SMILES string of the molecule is CCOc1cc(C=Nc2ccc([C@@H]3Nc4ccc(C)cc4[C@@H]4C=CC[C@@H]43)cc2)cc(I)c1OCc1ccc(Cl)cc1Cl. The molecule has 0 unspecified atom stereocenters. The number of nitrogens with zero attached hydrogens (tertiary/aromatic N) is 1. The Bertz CT molecular complexity index is 1670. The number of allylic oxidation sites excluding steroid dienone is 2. The van der Waals surface area contributed by atoms with Gasteiger partial charge in [-0.2, -0.15) is 0 Å². The standard InChI is InChI=1S/C35H31Cl2IN2O2/c1-3-41-33-17-22(16-31(38)35(33)42-20-24-8-11-25(36)18-30(24)37)19-39-26-12-9-23(10-13-26)34-28-6-4-5-27(28)29-15-21(2)7-14-32(29)40-34/h4-5,7-19,27-28,34,40H,3,6,20H2,1-2H3/t27-,28+,34+/m1/s1. The van der Waals surface area contributed by atoms with Gasteiger partial charge in [0.1, 0.15) is 6.61 Å². The summed E-state index contributed by atoms with van der Waals surface area (Å²) in [4.78, 5) is 4.77. The van der Waals surface area contributed by atoms with E-state index in [2.05, 4.69) is 89.4 Å². The van der Waals surface area contributed by atoms with Gasteiger partial charge in [-0.05, 0) is 108 Å². The number of hydrogen-bond acceptors (Lipinski definition) is 4. The molecule has 3 atom stereocenters. The van der Waals surface area contributed by atoms with Gasteiger partial charge in [0, 0.05) is 33.4 Å². The molecule has 0 saturated carbocycles. The summed E-state index contributed by atoms with van der Waals surface area (Å²) in [6.45, 7) is 4.95. The van der Waals surface area contributed by atoms with Crippen molar-refractivity contribution >= 4 is 63.4 Å². The third-order valence-electron chi connectivity index (χ3n) is 7.85. The molecule has 214 valence electrons. The molecule has 0 bridgehead atoms. The fourth-order valence-electron chi connectivity index (χ4n) is 5.81. The first kappa shape index (κ1) is 29.1. The molecule has 4 nitrogen and oxygen atoms in total. The molecule has 0 saturated heterocycles. The Morgan fingerprint density at radius 1 is 1.00 bits per heavy atom. The molecule has 0 spiro atoms. The number of halogens is 3. The largest absolute Gasteiger partial charge is 0.490 e. The topological polar surface area (TPSA) is 42.8 Å². The number of fused-ring (bicyclic) bond motifs is 3. The number of nitrogens with one attached hydrogen (secondary N) is 1. The number of benzene rings is 4. The highest BCUT2D eigenvalue weighted by molar-refractivity contribution is 14.1. The van der Waals surface area contributed by atoms with E-state index < -0.39 is 0 Å². The van der Waals surface area contributed by atoms with E-state index in [1.54, 1.807) is 12.1 Å². The number of rotatable bonds is 8. The van der Waals surface area contributed by atoms with Gasteiger partial charge in [0.15, 0.2) is 11.5 Å². The molecule has 0 aromatic heterocycles. The zero-order valence-electron chi connectivity index (χ0n) is 23.4. The van der Waals surface area contributed by atoms with E-state index in [-0.39, 0.29) is 6.04 Å². The van der Waals surface area contributed by atoms with Gasteiger partial charge in [-0.3, -0.25) is 4.99 Å². The summed E-state index contributed by atoms with van der Waals surface area (Å²) in [6, 6.07) is 25.0. The molecule has 4 aromatic carbocycles. The first-order valence-electron chi connectivity index (χ1n) is 14.1. The van der Waals surface area contributed by atoms with E-state index in [4.69, 9.17) is 37.7 Å². The van der Waals surface area contributed by atoms with Crippen molar-refractivity contribution in [2.45, 2.75) is 38.8 Å². The summed E-state index contributed by atoms with van der Waals surface area (Å²) in [5.41, 5.74) is 7.94. The normalized spacial score (nSPS) is 18.9. The average Bonchev–Trinajstić information content (AvgIpc) is 3.47. The number of hydrogen-bond donors (Lipinski definition) is 1. The lowest BCUT2D eigenvalue weighted by atomic mass is 9.76.